The lowest BCUT2D eigenvalue weighted by atomic mass is 10.00. The zero-order valence-corrected chi connectivity index (χ0v) is 15.4. The molecule has 1 amide bonds. The van der Waals surface area contributed by atoms with E-state index in [1.165, 1.54) is 0 Å². The fraction of sp³-hybridized carbons (Fsp3) is 0.421. The molecule has 0 saturated carbocycles. The molecule has 0 atom stereocenters. The molecule has 2 aromatic rings. The molecule has 0 radical (unpaired) electrons. The Morgan fingerprint density at radius 3 is 2.38 bits per heavy atom. The summed E-state index contributed by atoms with van der Waals surface area (Å²) in [7, 11) is 3.12. The maximum Gasteiger partial charge on any atom is 0.258 e. The van der Waals surface area contributed by atoms with Crippen LogP contribution in [0, 0.1) is 5.92 Å². The fourth-order valence-electron chi connectivity index (χ4n) is 2.93. The van der Waals surface area contributed by atoms with Crippen LogP contribution in [0.5, 0.6) is 11.5 Å². The Morgan fingerprint density at radius 2 is 1.77 bits per heavy atom. The topological polar surface area (TPSA) is 76.6 Å². The highest BCUT2D eigenvalue weighted by Crippen LogP contribution is 2.30. The van der Waals surface area contributed by atoms with Gasteiger partial charge in [0, 0.05) is 37.2 Å². The summed E-state index contributed by atoms with van der Waals surface area (Å²) in [6.07, 6.45) is 5.42. The molecule has 0 spiro atoms. The van der Waals surface area contributed by atoms with Crippen molar-refractivity contribution in [2.75, 3.05) is 37.5 Å². The van der Waals surface area contributed by atoms with E-state index in [1.54, 1.807) is 44.8 Å². The molecule has 1 fully saturated rings. The second-order valence-electron chi connectivity index (χ2n) is 6.47. The van der Waals surface area contributed by atoms with E-state index in [9.17, 15) is 4.79 Å². The Kier molecular flexibility index (Phi) is 5.55. The van der Waals surface area contributed by atoms with Crippen LogP contribution in [0.25, 0.3) is 0 Å². The van der Waals surface area contributed by atoms with Crippen LogP contribution >= 0.6 is 0 Å². The minimum absolute atomic E-state index is 0.268. The van der Waals surface area contributed by atoms with Crippen LogP contribution in [0.1, 0.15) is 30.1 Å². The molecule has 1 aliphatic heterocycles. The van der Waals surface area contributed by atoms with Crippen LogP contribution in [-0.2, 0) is 0 Å². The van der Waals surface area contributed by atoms with Gasteiger partial charge in [-0.15, -0.1) is 0 Å². The highest BCUT2D eigenvalue weighted by molar-refractivity contribution is 6.04. The van der Waals surface area contributed by atoms with Crippen LogP contribution in [0.4, 0.5) is 11.6 Å². The summed E-state index contributed by atoms with van der Waals surface area (Å²) in [6, 6.07) is 5.20. The van der Waals surface area contributed by atoms with Gasteiger partial charge in [0.15, 0.2) is 11.5 Å². The third-order valence-corrected chi connectivity index (χ3v) is 4.61. The van der Waals surface area contributed by atoms with Crippen LogP contribution in [0.2, 0.25) is 0 Å². The quantitative estimate of drug-likeness (QED) is 0.887. The van der Waals surface area contributed by atoms with Crippen molar-refractivity contribution in [2.24, 2.45) is 5.92 Å². The van der Waals surface area contributed by atoms with E-state index >= 15 is 0 Å². The van der Waals surface area contributed by atoms with E-state index < -0.39 is 0 Å². The van der Waals surface area contributed by atoms with Gasteiger partial charge in [-0.25, -0.2) is 9.97 Å². The van der Waals surface area contributed by atoms with Crippen molar-refractivity contribution in [3.63, 3.8) is 0 Å². The first-order chi connectivity index (χ1) is 12.6. The first-order valence-corrected chi connectivity index (χ1v) is 8.71. The Morgan fingerprint density at radius 1 is 1.12 bits per heavy atom. The summed E-state index contributed by atoms with van der Waals surface area (Å²) in [6.45, 7) is 4.18. The van der Waals surface area contributed by atoms with Crippen molar-refractivity contribution in [2.45, 2.75) is 19.8 Å². The molecule has 1 aliphatic rings. The highest BCUT2D eigenvalue weighted by Gasteiger charge is 2.18. The fourth-order valence-corrected chi connectivity index (χ4v) is 2.93. The summed E-state index contributed by atoms with van der Waals surface area (Å²) in [4.78, 5) is 23.3. The van der Waals surface area contributed by atoms with Crippen LogP contribution in [0.15, 0.2) is 30.6 Å². The normalized spacial score (nSPS) is 14.8. The molecule has 0 unspecified atom stereocenters. The van der Waals surface area contributed by atoms with Gasteiger partial charge in [-0.1, -0.05) is 6.92 Å². The minimum atomic E-state index is -0.268. The largest absolute Gasteiger partial charge is 0.493 e. The molecular formula is C19H24N4O3. The molecule has 0 aliphatic carbocycles. The number of aromatic nitrogens is 2. The standard InChI is InChI=1S/C19H24N4O3/c1-13-6-8-23(9-7-13)19-20-11-14(12-21-19)18(24)22-15-4-5-16(25-2)17(10-15)26-3/h4-5,10-13H,6-9H2,1-3H3,(H,22,24). The Hall–Kier alpha value is -2.83. The number of ether oxygens (including phenoxy) is 2. The van der Waals surface area contributed by atoms with Crippen LogP contribution in [0.3, 0.4) is 0 Å². The third kappa shape index (κ3) is 4.04. The number of piperidine rings is 1. The van der Waals surface area contributed by atoms with Crippen molar-refractivity contribution in [1.82, 2.24) is 9.97 Å². The molecule has 1 N–H and O–H groups in total. The number of carbonyl (C=O) groups is 1. The van der Waals surface area contributed by atoms with Crippen molar-refractivity contribution in [3.8, 4) is 11.5 Å². The summed E-state index contributed by atoms with van der Waals surface area (Å²) < 4.78 is 10.4. The Balaban J connectivity index is 1.66. The number of carbonyl (C=O) groups excluding carboxylic acids is 1. The van der Waals surface area contributed by atoms with Gasteiger partial charge < -0.3 is 19.7 Å². The molecule has 7 nitrogen and oxygen atoms in total. The molecule has 1 aromatic heterocycles. The van der Waals surface area contributed by atoms with E-state index in [1.807, 2.05) is 0 Å². The van der Waals surface area contributed by atoms with Crippen molar-refractivity contribution < 1.29 is 14.3 Å². The number of nitrogens with zero attached hydrogens (tertiary/aromatic N) is 3. The van der Waals surface area contributed by atoms with E-state index in [0.29, 0.717) is 28.7 Å². The predicted molar refractivity (Wildman–Crippen MR) is 100 cm³/mol. The van der Waals surface area contributed by atoms with Crippen molar-refractivity contribution >= 4 is 17.5 Å². The van der Waals surface area contributed by atoms with Crippen molar-refractivity contribution in [3.05, 3.63) is 36.2 Å². The second kappa shape index (κ2) is 8.03. The first-order valence-electron chi connectivity index (χ1n) is 8.71. The third-order valence-electron chi connectivity index (χ3n) is 4.61. The van der Waals surface area contributed by atoms with E-state index in [-0.39, 0.29) is 5.91 Å². The average molecular weight is 356 g/mol. The molecule has 7 heteroatoms. The number of benzene rings is 1. The van der Waals surface area contributed by atoms with Gasteiger partial charge in [0.1, 0.15) is 0 Å². The molecule has 0 bridgehead atoms. The van der Waals surface area contributed by atoms with Gasteiger partial charge in [-0.3, -0.25) is 4.79 Å². The molecule has 1 aromatic carbocycles. The zero-order chi connectivity index (χ0) is 18.5. The predicted octanol–water partition coefficient (Wildman–Crippen LogP) is 2.98. The molecular weight excluding hydrogens is 332 g/mol. The summed E-state index contributed by atoms with van der Waals surface area (Å²) in [5.41, 5.74) is 1.02. The number of hydrogen-bond acceptors (Lipinski definition) is 6. The summed E-state index contributed by atoms with van der Waals surface area (Å²) >= 11 is 0. The maximum atomic E-state index is 12.4. The van der Waals surface area contributed by atoms with Gasteiger partial charge in [0.05, 0.1) is 19.8 Å². The van der Waals surface area contributed by atoms with E-state index in [4.69, 9.17) is 9.47 Å². The monoisotopic (exact) mass is 356 g/mol. The van der Waals surface area contributed by atoms with Crippen LogP contribution in [-0.4, -0.2) is 43.2 Å². The second-order valence-corrected chi connectivity index (χ2v) is 6.47. The van der Waals surface area contributed by atoms with Gasteiger partial charge in [0.2, 0.25) is 5.95 Å². The Labute approximate surface area is 153 Å². The minimum Gasteiger partial charge on any atom is -0.493 e. The molecule has 1 saturated heterocycles. The van der Waals surface area contributed by atoms with Gasteiger partial charge in [-0.05, 0) is 30.9 Å². The van der Waals surface area contributed by atoms with Gasteiger partial charge in [-0.2, -0.15) is 0 Å². The molecule has 3 rings (SSSR count). The lowest BCUT2D eigenvalue weighted by Crippen LogP contribution is -2.34. The van der Waals surface area contributed by atoms with Gasteiger partial charge >= 0.3 is 0 Å². The SMILES string of the molecule is COc1ccc(NC(=O)c2cnc(N3CCC(C)CC3)nc2)cc1OC. The molecule has 2 heterocycles. The van der Waals surface area contributed by atoms with E-state index in [0.717, 1.165) is 31.8 Å². The number of rotatable bonds is 5. The summed E-state index contributed by atoms with van der Waals surface area (Å²) in [5.74, 6) is 2.32. The number of anilines is 2. The highest BCUT2D eigenvalue weighted by atomic mass is 16.5. The number of hydrogen-bond donors (Lipinski definition) is 1. The van der Waals surface area contributed by atoms with E-state index in [2.05, 4.69) is 27.1 Å². The first kappa shape index (κ1) is 18.0. The number of nitrogens with one attached hydrogen (secondary N) is 1. The Bertz CT molecular complexity index is 756. The number of methoxy groups -OCH3 is 2. The van der Waals surface area contributed by atoms with Crippen molar-refractivity contribution in [1.29, 1.82) is 0 Å². The average Bonchev–Trinajstić information content (AvgIpc) is 2.68. The smallest absolute Gasteiger partial charge is 0.258 e. The van der Waals surface area contributed by atoms with Gasteiger partial charge in [0.25, 0.3) is 5.91 Å². The summed E-state index contributed by atoms with van der Waals surface area (Å²) in [5, 5.41) is 2.82. The molecule has 138 valence electrons. The van der Waals surface area contributed by atoms with Crippen LogP contribution < -0.4 is 19.7 Å². The lowest BCUT2D eigenvalue weighted by molar-refractivity contribution is 0.102. The lowest BCUT2D eigenvalue weighted by Gasteiger charge is -2.30. The molecule has 26 heavy (non-hydrogen) atoms. The maximum absolute atomic E-state index is 12.4. The zero-order valence-electron chi connectivity index (χ0n) is 15.4. The number of amides is 1.